The minimum Gasteiger partial charge on any atom is -0.273 e. The lowest BCUT2D eigenvalue weighted by atomic mass is 10.3. The van der Waals surface area contributed by atoms with Crippen LogP contribution in [-0.2, 0) is 15.8 Å². The third kappa shape index (κ3) is 1.49. The Balaban J connectivity index is 2.36. The zero-order valence-electron chi connectivity index (χ0n) is 6.97. The molecule has 1 fully saturated rings. The van der Waals surface area contributed by atoms with Crippen molar-refractivity contribution in [3.05, 3.63) is 30.3 Å². The van der Waals surface area contributed by atoms with Gasteiger partial charge in [-0.05, 0) is 12.1 Å². The van der Waals surface area contributed by atoms with Crippen molar-refractivity contribution in [2.45, 2.75) is 6.42 Å². The monoisotopic (exact) mass is 195 g/mol. The van der Waals surface area contributed by atoms with Crippen LogP contribution >= 0.6 is 0 Å². The standard InChI is InChI=1S/C9H9NO2S/c11-9-6-7-13(12)10(9)8-4-2-1-3-5-8/h1-5H,6-7H2. The summed E-state index contributed by atoms with van der Waals surface area (Å²) in [5.41, 5.74) is 0.725. The van der Waals surface area contributed by atoms with Crippen LogP contribution in [-0.4, -0.2) is 15.9 Å². The first kappa shape index (κ1) is 8.44. The summed E-state index contributed by atoms with van der Waals surface area (Å²) in [6, 6.07) is 9.12. The predicted molar refractivity (Wildman–Crippen MR) is 51.6 cm³/mol. The van der Waals surface area contributed by atoms with Crippen molar-refractivity contribution in [1.82, 2.24) is 0 Å². The number of nitrogens with zero attached hydrogens (tertiary/aromatic N) is 1. The number of amides is 1. The SMILES string of the molecule is O=C1CCS(=O)N1c1ccccc1. The van der Waals surface area contributed by atoms with Gasteiger partial charge in [0.05, 0.1) is 11.4 Å². The van der Waals surface area contributed by atoms with Crippen LogP contribution in [0.3, 0.4) is 0 Å². The summed E-state index contributed by atoms with van der Waals surface area (Å²) < 4.78 is 12.8. The summed E-state index contributed by atoms with van der Waals surface area (Å²) in [5.74, 6) is 0.401. The highest BCUT2D eigenvalue weighted by Crippen LogP contribution is 2.21. The fourth-order valence-electron chi connectivity index (χ4n) is 1.31. The summed E-state index contributed by atoms with van der Waals surface area (Å²) >= 11 is 0. The van der Waals surface area contributed by atoms with E-state index in [-0.39, 0.29) is 5.91 Å². The van der Waals surface area contributed by atoms with Crippen LogP contribution in [0.4, 0.5) is 5.69 Å². The molecule has 0 aromatic heterocycles. The molecule has 1 saturated heterocycles. The van der Waals surface area contributed by atoms with Gasteiger partial charge < -0.3 is 0 Å². The maximum Gasteiger partial charge on any atom is 0.239 e. The van der Waals surface area contributed by atoms with Gasteiger partial charge in [0, 0.05) is 6.42 Å². The van der Waals surface area contributed by atoms with Crippen molar-refractivity contribution >= 4 is 22.6 Å². The second kappa shape index (κ2) is 3.30. The summed E-state index contributed by atoms with van der Waals surface area (Å²) in [6.07, 6.45) is 0.390. The molecular weight excluding hydrogens is 186 g/mol. The lowest BCUT2D eigenvalue weighted by Gasteiger charge is -2.12. The summed E-state index contributed by atoms with van der Waals surface area (Å²) in [7, 11) is -1.16. The maximum atomic E-state index is 11.4. The molecule has 0 N–H and O–H groups in total. The number of rotatable bonds is 1. The lowest BCUT2D eigenvalue weighted by Crippen LogP contribution is -2.24. The lowest BCUT2D eigenvalue weighted by molar-refractivity contribution is -0.116. The van der Waals surface area contributed by atoms with Crippen LogP contribution in [0.2, 0.25) is 0 Å². The molecule has 1 aromatic carbocycles. The molecule has 2 rings (SSSR count). The van der Waals surface area contributed by atoms with Crippen LogP contribution in [0.25, 0.3) is 0 Å². The molecule has 1 aliphatic rings. The van der Waals surface area contributed by atoms with E-state index in [0.717, 1.165) is 5.69 Å². The second-order valence-corrected chi connectivity index (χ2v) is 4.22. The van der Waals surface area contributed by atoms with E-state index in [9.17, 15) is 9.00 Å². The van der Waals surface area contributed by atoms with Gasteiger partial charge in [-0.2, -0.15) is 0 Å². The van der Waals surface area contributed by atoms with E-state index < -0.39 is 11.0 Å². The van der Waals surface area contributed by atoms with Gasteiger partial charge in [-0.3, -0.25) is 4.79 Å². The van der Waals surface area contributed by atoms with Crippen molar-refractivity contribution in [2.24, 2.45) is 0 Å². The average molecular weight is 195 g/mol. The molecule has 4 heteroatoms. The van der Waals surface area contributed by atoms with E-state index in [2.05, 4.69) is 0 Å². The van der Waals surface area contributed by atoms with E-state index in [1.807, 2.05) is 18.2 Å². The zero-order chi connectivity index (χ0) is 9.26. The Hall–Kier alpha value is -1.16. The van der Waals surface area contributed by atoms with Gasteiger partial charge in [-0.25, -0.2) is 8.51 Å². The number of hydrogen-bond donors (Lipinski definition) is 0. The molecule has 1 amide bonds. The highest BCUT2D eigenvalue weighted by molar-refractivity contribution is 7.87. The van der Waals surface area contributed by atoms with Crippen molar-refractivity contribution in [3.8, 4) is 0 Å². The molecule has 13 heavy (non-hydrogen) atoms. The maximum absolute atomic E-state index is 11.4. The Morgan fingerprint density at radius 2 is 1.92 bits per heavy atom. The average Bonchev–Trinajstić information content (AvgIpc) is 2.48. The number of carbonyl (C=O) groups excluding carboxylic acids is 1. The van der Waals surface area contributed by atoms with Gasteiger partial charge in [0.2, 0.25) is 5.91 Å². The van der Waals surface area contributed by atoms with Crippen LogP contribution in [0.1, 0.15) is 6.42 Å². The summed E-state index contributed by atoms with van der Waals surface area (Å²) in [6.45, 7) is 0. The molecule has 1 unspecified atom stereocenters. The quantitative estimate of drug-likeness (QED) is 0.672. The van der Waals surface area contributed by atoms with E-state index in [1.165, 1.54) is 4.31 Å². The van der Waals surface area contributed by atoms with E-state index >= 15 is 0 Å². The minimum absolute atomic E-state index is 0.0514. The third-order valence-corrected chi connectivity index (χ3v) is 3.29. The molecule has 0 aliphatic carbocycles. The van der Waals surface area contributed by atoms with Crippen molar-refractivity contribution in [3.63, 3.8) is 0 Å². The molecular formula is C9H9NO2S. The molecule has 0 bridgehead atoms. The van der Waals surface area contributed by atoms with Gasteiger partial charge in [-0.15, -0.1) is 0 Å². The molecule has 0 saturated carbocycles. The number of benzene rings is 1. The number of carbonyl (C=O) groups is 1. The van der Waals surface area contributed by atoms with Gasteiger partial charge in [0.25, 0.3) is 0 Å². The van der Waals surface area contributed by atoms with Crippen molar-refractivity contribution < 1.29 is 9.00 Å². The first-order valence-corrected chi connectivity index (χ1v) is 5.33. The molecule has 1 heterocycles. The first-order valence-electron chi connectivity index (χ1n) is 4.05. The zero-order valence-corrected chi connectivity index (χ0v) is 7.79. The normalized spacial score (nSPS) is 22.3. The molecule has 0 spiro atoms. The Kier molecular flexibility index (Phi) is 2.14. The number of anilines is 1. The molecule has 1 aliphatic heterocycles. The highest BCUT2D eigenvalue weighted by atomic mass is 32.2. The molecule has 0 radical (unpaired) electrons. The number of hydrogen-bond acceptors (Lipinski definition) is 2. The minimum atomic E-state index is -1.16. The van der Waals surface area contributed by atoms with Crippen LogP contribution in [0.5, 0.6) is 0 Å². The van der Waals surface area contributed by atoms with Crippen LogP contribution < -0.4 is 4.31 Å². The van der Waals surface area contributed by atoms with Crippen molar-refractivity contribution in [1.29, 1.82) is 0 Å². The fraction of sp³-hybridized carbons (Fsp3) is 0.222. The second-order valence-electron chi connectivity index (χ2n) is 2.80. The molecule has 68 valence electrons. The predicted octanol–water partition coefficient (Wildman–Crippen LogP) is 1.09. The Bertz CT molecular complexity index is 334. The van der Waals surface area contributed by atoms with Crippen molar-refractivity contribution in [2.75, 3.05) is 10.1 Å². The highest BCUT2D eigenvalue weighted by Gasteiger charge is 2.28. The molecule has 1 atom stereocenters. The Morgan fingerprint density at radius 1 is 1.23 bits per heavy atom. The summed E-state index contributed by atoms with van der Waals surface area (Å²) in [5, 5.41) is 0. The largest absolute Gasteiger partial charge is 0.273 e. The van der Waals surface area contributed by atoms with Crippen LogP contribution in [0, 0.1) is 0 Å². The summed E-state index contributed by atoms with van der Waals surface area (Å²) in [4.78, 5) is 11.3. The van der Waals surface area contributed by atoms with E-state index in [4.69, 9.17) is 0 Å². The smallest absolute Gasteiger partial charge is 0.239 e. The Labute approximate surface area is 79.0 Å². The van der Waals surface area contributed by atoms with Gasteiger partial charge in [0.15, 0.2) is 0 Å². The molecule has 3 nitrogen and oxygen atoms in total. The Morgan fingerprint density at radius 3 is 2.46 bits per heavy atom. The first-order chi connectivity index (χ1) is 6.29. The van der Waals surface area contributed by atoms with Gasteiger partial charge in [0.1, 0.15) is 11.0 Å². The van der Waals surface area contributed by atoms with E-state index in [0.29, 0.717) is 12.2 Å². The molecule has 1 aromatic rings. The van der Waals surface area contributed by atoms with E-state index in [1.54, 1.807) is 12.1 Å². The fourth-order valence-corrected chi connectivity index (χ4v) is 2.51. The van der Waals surface area contributed by atoms with Crippen LogP contribution in [0.15, 0.2) is 30.3 Å². The van der Waals surface area contributed by atoms with Gasteiger partial charge in [-0.1, -0.05) is 18.2 Å². The third-order valence-electron chi connectivity index (χ3n) is 1.91. The topological polar surface area (TPSA) is 37.4 Å². The van der Waals surface area contributed by atoms with Gasteiger partial charge >= 0.3 is 0 Å². The number of para-hydroxylation sites is 1.